The first-order valence-corrected chi connectivity index (χ1v) is 9.10. The molecule has 0 spiro atoms. The van der Waals surface area contributed by atoms with Gasteiger partial charge in [-0.2, -0.15) is 0 Å². The van der Waals surface area contributed by atoms with Crippen molar-refractivity contribution in [3.8, 4) is 5.75 Å². The van der Waals surface area contributed by atoms with Gasteiger partial charge in [-0.15, -0.1) is 0 Å². The van der Waals surface area contributed by atoms with Crippen LogP contribution in [0.25, 0.3) is 11.2 Å². The highest BCUT2D eigenvalue weighted by atomic mass is 32.2. The topological polar surface area (TPSA) is 81.9 Å². The van der Waals surface area contributed by atoms with Crippen LogP contribution in [0.4, 0.5) is 0 Å². The standard InChI is InChI=1S/C17H20N4O3S/c1-3-25-17-18-14-13(15(22)19-16(23)20(14)2)21(17)10-7-11-24-12-8-5-4-6-9-12/h4-6,8-9H,3,7,10-11H2,1-2H3,(H,19,22,23). The molecule has 0 saturated carbocycles. The maximum absolute atomic E-state index is 12.3. The van der Waals surface area contributed by atoms with Gasteiger partial charge >= 0.3 is 5.69 Å². The number of nitrogens with zero attached hydrogens (tertiary/aromatic N) is 3. The van der Waals surface area contributed by atoms with Crippen LogP contribution in [0.1, 0.15) is 13.3 Å². The first-order valence-electron chi connectivity index (χ1n) is 8.12. The molecule has 3 rings (SSSR count). The van der Waals surface area contributed by atoms with Crippen molar-refractivity contribution in [3.05, 3.63) is 51.2 Å². The SMILES string of the molecule is CCSc1nc2c(c(=O)[nH]c(=O)n2C)n1CCCOc1ccccc1. The van der Waals surface area contributed by atoms with Gasteiger partial charge in [0.15, 0.2) is 16.3 Å². The van der Waals surface area contributed by atoms with Gasteiger partial charge in [0.05, 0.1) is 6.61 Å². The lowest BCUT2D eigenvalue weighted by atomic mass is 10.3. The Morgan fingerprint density at radius 2 is 2.00 bits per heavy atom. The largest absolute Gasteiger partial charge is 0.494 e. The lowest BCUT2D eigenvalue weighted by molar-refractivity contribution is 0.300. The van der Waals surface area contributed by atoms with E-state index >= 15 is 0 Å². The third-order valence-corrected chi connectivity index (χ3v) is 4.64. The number of imidazole rings is 1. The number of hydrogen-bond acceptors (Lipinski definition) is 5. The molecule has 0 atom stereocenters. The molecule has 0 saturated heterocycles. The van der Waals surface area contributed by atoms with Crippen molar-refractivity contribution >= 4 is 22.9 Å². The lowest BCUT2D eigenvalue weighted by Crippen LogP contribution is -2.29. The van der Waals surface area contributed by atoms with E-state index in [1.54, 1.807) is 18.8 Å². The van der Waals surface area contributed by atoms with Crippen LogP contribution < -0.4 is 16.0 Å². The molecule has 3 aromatic rings. The second-order valence-corrected chi connectivity index (χ2v) is 6.72. The monoisotopic (exact) mass is 360 g/mol. The molecule has 0 bridgehead atoms. The summed E-state index contributed by atoms with van der Waals surface area (Å²) in [4.78, 5) is 30.9. The number of fused-ring (bicyclic) bond motifs is 1. The van der Waals surface area contributed by atoms with Gasteiger partial charge in [-0.05, 0) is 24.3 Å². The highest BCUT2D eigenvalue weighted by molar-refractivity contribution is 7.99. The van der Waals surface area contributed by atoms with Crippen LogP contribution in [0, 0.1) is 0 Å². The normalized spacial score (nSPS) is 11.1. The summed E-state index contributed by atoms with van der Waals surface area (Å²) in [6, 6.07) is 9.61. The first-order chi connectivity index (χ1) is 12.1. The van der Waals surface area contributed by atoms with E-state index in [-0.39, 0.29) is 0 Å². The van der Waals surface area contributed by atoms with Crippen molar-refractivity contribution in [2.24, 2.45) is 7.05 Å². The zero-order chi connectivity index (χ0) is 17.8. The summed E-state index contributed by atoms with van der Waals surface area (Å²) < 4.78 is 8.95. The fourth-order valence-corrected chi connectivity index (χ4v) is 3.34. The lowest BCUT2D eigenvalue weighted by Gasteiger charge is -2.09. The van der Waals surface area contributed by atoms with Gasteiger partial charge < -0.3 is 9.30 Å². The molecule has 25 heavy (non-hydrogen) atoms. The van der Waals surface area contributed by atoms with Crippen molar-refractivity contribution in [2.75, 3.05) is 12.4 Å². The molecule has 0 radical (unpaired) electrons. The number of H-pyrrole nitrogens is 1. The van der Waals surface area contributed by atoms with Crippen molar-refractivity contribution < 1.29 is 4.74 Å². The zero-order valence-electron chi connectivity index (χ0n) is 14.2. The highest BCUT2D eigenvalue weighted by Gasteiger charge is 2.17. The minimum absolute atomic E-state index is 0.405. The Balaban J connectivity index is 1.84. The smallest absolute Gasteiger partial charge is 0.329 e. The van der Waals surface area contributed by atoms with Crippen molar-refractivity contribution in [1.82, 2.24) is 19.1 Å². The number of nitrogens with one attached hydrogen (secondary N) is 1. The molecule has 132 valence electrons. The van der Waals surface area contributed by atoms with E-state index in [1.165, 1.54) is 4.57 Å². The Morgan fingerprint density at radius 3 is 2.72 bits per heavy atom. The van der Waals surface area contributed by atoms with E-state index in [4.69, 9.17) is 4.74 Å². The zero-order valence-corrected chi connectivity index (χ0v) is 15.0. The number of thioether (sulfide) groups is 1. The molecular formula is C17H20N4O3S. The number of ether oxygens (including phenoxy) is 1. The predicted molar refractivity (Wildman–Crippen MR) is 98.5 cm³/mol. The van der Waals surface area contributed by atoms with E-state index in [0.717, 1.165) is 23.1 Å². The fraction of sp³-hybridized carbons (Fsp3) is 0.353. The third-order valence-electron chi connectivity index (χ3n) is 3.78. The summed E-state index contributed by atoms with van der Waals surface area (Å²) in [6.07, 6.45) is 0.722. The molecule has 2 aromatic heterocycles. The van der Waals surface area contributed by atoms with Crippen LogP contribution >= 0.6 is 11.8 Å². The molecule has 2 heterocycles. The molecule has 0 unspecified atom stereocenters. The molecule has 1 aromatic carbocycles. The van der Waals surface area contributed by atoms with Crippen LogP contribution in [0.2, 0.25) is 0 Å². The first kappa shape index (κ1) is 17.3. The quantitative estimate of drug-likeness (QED) is 0.515. The van der Waals surface area contributed by atoms with Gasteiger partial charge in [0.1, 0.15) is 5.75 Å². The summed E-state index contributed by atoms with van der Waals surface area (Å²) in [6.45, 7) is 3.15. The Bertz CT molecular complexity index is 975. The minimum Gasteiger partial charge on any atom is -0.494 e. The molecule has 0 aliphatic rings. The highest BCUT2D eigenvalue weighted by Crippen LogP contribution is 2.21. The summed E-state index contributed by atoms with van der Waals surface area (Å²) in [5.41, 5.74) is -0.0217. The maximum Gasteiger partial charge on any atom is 0.329 e. The summed E-state index contributed by atoms with van der Waals surface area (Å²) in [5, 5.41) is 0.740. The van der Waals surface area contributed by atoms with E-state index in [0.29, 0.717) is 24.3 Å². The summed E-state index contributed by atoms with van der Waals surface area (Å²) >= 11 is 1.55. The number of hydrogen-bond donors (Lipinski definition) is 1. The van der Waals surface area contributed by atoms with Crippen molar-refractivity contribution in [3.63, 3.8) is 0 Å². The molecule has 0 aliphatic carbocycles. The molecular weight excluding hydrogens is 340 g/mol. The van der Waals surface area contributed by atoms with Gasteiger partial charge in [0.25, 0.3) is 5.56 Å². The van der Waals surface area contributed by atoms with Gasteiger partial charge in [-0.25, -0.2) is 9.78 Å². The van der Waals surface area contributed by atoms with Gasteiger partial charge in [-0.3, -0.25) is 14.3 Å². The summed E-state index contributed by atoms with van der Waals surface area (Å²) in [5.74, 6) is 1.65. The van der Waals surface area contributed by atoms with E-state index < -0.39 is 11.2 Å². The van der Waals surface area contributed by atoms with Gasteiger partial charge in [0.2, 0.25) is 0 Å². The molecule has 7 nitrogen and oxygen atoms in total. The van der Waals surface area contributed by atoms with Crippen LogP contribution in [0.5, 0.6) is 5.75 Å². The van der Waals surface area contributed by atoms with Crippen molar-refractivity contribution in [1.29, 1.82) is 0 Å². The molecule has 0 fully saturated rings. The Kier molecular flexibility index (Phi) is 5.28. The predicted octanol–water partition coefficient (Wildman–Crippen LogP) is 2.00. The number of benzene rings is 1. The molecule has 0 amide bonds. The second-order valence-electron chi connectivity index (χ2n) is 5.48. The number of aromatic amines is 1. The van der Waals surface area contributed by atoms with Crippen LogP contribution in [-0.2, 0) is 13.6 Å². The van der Waals surface area contributed by atoms with Crippen LogP contribution in [-0.4, -0.2) is 31.5 Å². The maximum atomic E-state index is 12.3. The van der Waals surface area contributed by atoms with Crippen molar-refractivity contribution in [2.45, 2.75) is 25.0 Å². The Morgan fingerprint density at radius 1 is 1.24 bits per heavy atom. The van der Waals surface area contributed by atoms with E-state index in [2.05, 4.69) is 9.97 Å². The summed E-state index contributed by atoms with van der Waals surface area (Å²) in [7, 11) is 1.61. The number of aryl methyl sites for hydroxylation is 2. The fourth-order valence-electron chi connectivity index (χ4n) is 2.59. The molecule has 1 N–H and O–H groups in total. The van der Waals surface area contributed by atoms with E-state index in [9.17, 15) is 9.59 Å². The second kappa shape index (κ2) is 7.60. The Labute approximate surface area is 148 Å². The third kappa shape index (κ3) is 3.63. The minimum atomic E-state index is -0.456. The molecule has 0 aliphatic heterocycles. The van der Waals surface area contributed by atoms with Gasteiger partial charge in [0, 0.05) is 13.6 Å². The van der Waals surface area contributed by atoms with Crippen LogP contribution in [0.15, 0.2) is 45.1 Å². The molecule has 8 heteroatoms. The average Bonchev–Trinajstić information content (AvgIpc) is 2.97. The van der Waals surface area contributed by atoms with E-state index in [1.807, 2.05) is 41.8 Å². The van der Waals surface area contributed by atoms with Crippen LogP contribution in [0.3, 0.4) is 0 Å². The number of rotatable bonds is 7. The average molecular weight is 360 g/mol. The van der Waals surface area contributed by atoms with Gasteiger partial charge in [-0.1, -0.05) is 36.9 Å². The Hall–Kier alpha value is -2.48. The number of para-hydroxylation sites is 1. The number of aromatic nitrogens is 4.